The third-order valence-electron chi connectivity index (χ3n) is 4.54. The highest BCUT2D eigenvalue weighted by Gasteiger charge is 2.23. The minimum atomic E-state index is -0.593. The van der Waals surface area contributed by atoms with Crippen molar-refractivity contribution in [3.63, 3.8) is 0 Å². The number of carbonyl (C=O) groups is 2. The topological polar surface area (TPSA) is 168 Å². The van der Waals surface area contributed by atoms with E-state index < -0.39 is 17.9 Å². The maximum atomic E-state index is 12.8. The van der Waals surface area contributed by atoms with Crippen LogP contribution in [0.25, 0.3) is 0 Å². The van der Waals surface area contributed by atoms with Crippen LogP contribution in [-0.4, -0.2) is 56.1 Å². The fourth-order valence-corrected chi connectivity index (χ4v) is 4.03. The van der Waals surface area contributed by atoms with Crippen molar-refractivity contribution in [3.8, 4) is 0 Å². The van der Waals surface area contributed by atoms with E-state index in [0.29, 0.717) is 15.6 Å². The van der Waals surface area contributed by atoms with Crippen LogP contribution in [0.5, 0.6) is 0 Å². The number of aromatic nitrogens is 4. The lowest BCUT2D eigenvalue weighted by molar-refractivity contribution is -0.112. The number of nitrogens with two attached hydrogens (primary N) is 1. The largest absolute Gasteiger partial charge is 0.404 e. The zero-order chi connectivity index (χ0) is 27.0. The predicted octanol–water partition coefficient (Wildman–Crippen LogP) is 3.08. The third-order valence-corrected chi connectivity index (χ3v) is 6.33. The SMILES string of the molecule is C=C(S/C(=C\N)C(=O)Nc1ncc(Cl)c(C(C)(C)C)n1)C(C)NC(=O)c1ncnc(NCCO)c1Cl. The summed E-state index contributed by atoms with van der Waals surface area (Å²) in [5.74, 6) is -0.834. The van der Waals surface area contributed by atoms with Crippen molar-refractivity contribution in [1.82, 2.24) is 25.3 Å². The Bertz CT molecular complexity index is 1170. The van der Waals surface area contributed by atoms with Gasteiger partial charge in [0, 0.05) is 23.1 Å². The summed E-state index contributed by atoms with van der Waals surface area (Å²) in [6, 6.07) is -0.593. The Balaban J connectivity index is 2.06. The number of halogens is 2. The molecule has 0 aliphatic rings. The molecule has 2 rings (SSSR count). The van der Waals surface area contributed by atoms with Gasteiger partial charge in [-0.15, -0.1) is 0 Å². The lowest BCUT2D eigenvalue weighted by atomic mass is 9.92. The Kier molecular flexibility index (Phi) is 10.5. The molecule has 0 bridgehead atoms. The molecule has 1 atom stereocenters. The summed E-state index contributed by atoms with van der Waals surface area (Å²) in [6.45, 7) is 11.5. The zero-order valence-electron chi connectivity index (χ0n) is 20.2. The van der Waals surface area contributed by atoms with Crippen molar-refractivity contribution in [2.45, 2.75) is 39.2 Å². The van der Waals surface area contributed by atoms with Crippen LogP contribution in [0, 0.1) is 0 Å². The number of rotatable bonds is 10. The first-order valence-electron chi connectivity index (χ1n) is 10.7. The second-order valence-corrected chi connectivity index (χ2v) is 10.4. The summed E-state index contributed by atoms with van der Waals surface area (Å²) in [4.78, 5) is 42.3. The molecule has 0 aliphatic heterocycles. The number of amides is 2. The molecule has 0 fully saturated rings. The van der Waals surface area contributed by atoms with Crippen LogP contribution in [-0.2, 0) is 10.2 Å². The summed E-state index contributed by atoms with van der Waals surface area (Å²) in [6.07, 6.45) is 3.72. The number of hydrogen-bond donors (Lipinski definition) is 5. The van der Waals surface area contributed by atoms with Gasteiger partial charge in [0.05, 0.1) is 34.5 Å². The molecule has 0 spiro atoms. The van der Waals surface area contributed by atoms with Crippen molar-refractivity contribution in [1.29, 1.82) is 0 Å². The molecule has 2 heterocycles. The molecule has 1 unspecified atom stereocenters. The minimum absolute atomic E-state index is 0.00780. The molecular weight excluding hydrogens is 527 g/mol. The number of hydrogen-bond acceptors (Lipinski definition) is 10. The van der Waals surface area contributed by atoms with Gasteiger partial charge in [0.2, 0.25) is 5.95 Å². The number of aliphatic hydroxyl groups excluding tert-OH is 1. The van der Waals surface area contributed by atoms with E-state index in [1.807, 2.05) is 20.8 Å². The first-order chi connectivity index (χ1) is 16.9. The van der Waals surface area contributed by atoms with Crippen LogP contribution in [0.2, 0.25) is 10.0 Å². The Hall–Kier alpha value is -2.93. The van der Waals surface area contributed by atoms with Gasteiger partial charge in [-0.05, 0) is 6.92 Å². The Morgan fingerprint density at radius 1 is 1.28 bits per heavy atom. The Morgan fingerprint density at radius 3 is 2.58 bits per heavy atom. The first kappa shape index (κ1) is 29.3. The van der Waals surface area contributed by atoms with E-state index in [-0.39, 0.29) is 46.0 Å². The summed E-state index contributed by atoms with van der Waals surface area (Å²) in [5, 5.41) is 17.5. The molecule has 194 valence electrons. The van der Waals surface area contributed by atoms with E-state index in [2.05, 4.69) is 42.5 Å². The van der Waals surface area contributed by atoms with E-state index in [4.69, 9.17) is 34.0 Å². The summed E-state index contributed by atoms with van der Waals surface area (Å²) >= 11 is 13.4. The van der Waals surface area contributed by atoms with E-state index in [0.717, 1.165) is 18.0 Å². The average molecular weight is 555 g/mol. The Labute approximate surface area is 223 Å². The van der Waals surface area contributed by atoms with Crippen LogP contribution in [0.1, 0.15) is 43.9 Å². The van der Waals surface area contributed by atoms with Crippen molar-refractivity contribution in [2.24, 2.45) is 5.73 Å². The van der Waals surface area contributed by atoms with Gasteiger partial charge in [0.25, 0.3) is 11.8 Å². The molecule has 0 aliphatic carbocycles. The lowest BCUT2D eigenvalue weighted by Gasteiger charge is -2.20. The van der Waals surface area contributed by atoms with Gasteiger partial charge in [0.15, 0.2) is 5.69 Å². The summed E-state index contributed by atoms with van der Waals surface area (Å²) in [5.41, 5.74) is 5.84. The molecule has 0 aromatic carbocycles. The molecule has 6 N–H and O–H groups in total. The normalized spacial score (nSPS) is 12.6. The molecule has 0 saturated carbocycles. The van der Waals surface area contributed by atoms with Gasteiger partial charge in [-0.1, -0.05) is 62.3 Å². The molecule has 36 heavy (non-hydrogen) atoms. The molecule has 2 aromatic rings. The number of nitrogens with zero attached hydrogens (tertiary/aromatic N) is 4. The Morgan fingerprint density at radius 2 is 1.97 bits per heavy atom. The number of anilines is 2. The summed E-state index contributed by atoms with van der Waals surface area (Å²) in [7, 11) is 0. The number of carbonyl (C=O) groups excluding carboxylic acids is 2. The lowest BCUT2D eigenvalue weighted by Crippen LogP contribution is -2.34. The quantitative estimate of drug-likeness (QED) is 0.275. The molecule has 0 saturated heterocycles. The highest BCUT2D eigenvalue weighted by atomic mass is 35.5. The number of thioether (sulfide) groups is 1. The smallest absolute Gasteiger partial charge is 0.272 e. The van der Waals surface area contributed by atoms with Crippen LogP contribution >= 0.6 is 35.0 Å². The fourth-order valence-electron chi connectivity index (χ4n) is 2.67. The molecule has 14 heteroatoms. The van der Waals surface area contributed by atoms with Crippen molar-refractivity contribution in [2.75, 3.05) is 23.8 Å². The highest BCUT2D eigenvalue weighted by molar-refractivity contribution is 8.07. The molecule has 0 radical (unpaired) electrons. The van der Waals surface area contributed by atoms with Crippen molar-refractivity contribution in [3.05, 3.63) is 56.5 Å². The van der Waals surface area contributed by atoms with Gasteiger partial charge in [-0.3, -0.25) is 14.9 Å². The van der Waals surface area contributed by atoms with Crippen LogP contribution in [0.3, 0.4) is 0 Å². The summed E-state index contributed by atoms with van der Waals surface area (Å²) < 4.78 is 0. The number of aliphatic hydroxyl groups is 1. The fraction of sp³-hybridized carbons (Fsp3) is 0.364. The molecule has 2 aromatic heterocycles. The van der Waals surface area contributed by atoms with E-state index >= 15 is 0 Å². The molecule has 2 amide bonds. The molecule has 11 nitrogen and oxygen atoms in total. The second-order valence-electron chi connectivity index (χ2n) is 8.42. The van der Waals surface area contributed by atoms with Gasteiger partial charge in [0.1, 0.15) is 17.2 Å². The van der Waals surface area contributed by atoms with Crippen molar-refractivity contribution < 1.29 is 14.7 Å². The van der Waals surface area contributed by atoms with Gasteiger partial charge in [-0.2, -0.15) is 0 Å². The number of nitrogens with one attached hydrogen (secondary N) is 3. The minimum Gasteiger partial charge on any atom is -0.404 e. The van der Waals surface area contributed by atoms with E-state index in [1.54, 1.807) is 6.92 Å². The zero-order valence-corrected chi connectivity index (χ0v) is 22.6. The third kappa shape index (κ3) is 7.79. The highest BCUT2D eigenvalue weighted by Crippen LogP contribution is 2.30. The van der Waals surface area contributed by atoms with Crippen LogP contribution < -0.4 is 21.7 Å². The van der Waals surface area contributed by atoms with Gasteiger partial charge in [-0.25, -0.2) is 19.9 Å². The van der Waals surface area contributed by atoms with Crippen molar-refractivity contribution >= 4 is 58.5 Å². The average Bonchev–Trinajstić information content (AvgIpc) is 2.81. The van der Waals surface area contributed by atoms with E-state index in [9.17, 15) is 9.59 Å². The maximum Gasteiger partial charge on any atom is 0.272 e. The van der Waals surface area contributed by atoms with Gasteiger partial charge >= 0.3 is 0 Å². The van der Waals surface area contributed by atoms with Crippen LogP contribution in [0.15, 0.2) is 35.1 Å². The standard InChI is InChI=1S/C22H28Cl2N8O3S/c1-11(30-20(35)16-15(24)18(26-6-7-33)29-10-28-16)12(2)36-14(8-25)19(34)32-21-27-9-13(23)17(31-21)22(3,4)5/h8-11,33H,2,6-7,25H2,1,3-5H3,(H,30,35)(H,26,28,29)(H,27,31,32,34)/b14-8-. The monoisotopic (exact) mass is 554 g/mol. The van der Waals surface area contributed by atoms with Crippen LogP contribution in [0.4, 0.5) is 11.8 Å². The maximum absolute atomic E-state index is 12.8. The van der Waals surface area contributed by atoms with E-state index in [1.165, 1.54) is 12.5 Å². The second kappa shape index (κ2) is 12.9. The first-order valence-corrected chi connectivity index (χ1v) is 12.2. The predicted molar refractivity (Wildman–Crippen MR) is 143 cm³/mol. The molecular formula is C22H28Cl2N8O3S. The van der Waals surface area contributed by atoms with Gasteiger partial charge < -0.3 is 21.5 Å².